The number of aromatic nitrogens is 3. The summed E-state index contributed by atoms with van der Waals surface area (Å²) >= 11 is 0. The Hall–Kier alpha value is -2.61. The summed E-state index contributed by atoms with van der Waals surface area (Å²) in [5, 5.41) is 0. The summed E-state index contributed by atoms with van der Waals surface area (Å²) in [5.74, 6) is 1.69. The van der Waals surface area contributed by atoms with Gasteiger partial charge in [0.05, 0.1) is 18.7 Å². The van der Waals surface area contributed by atoms with E-state index in [4.69, 9.17) is 19.7 Å². The van der Waals surface area contributed by atoms with Crippen molar-refractivity contribution in [3.8, 4) is 11.4 Å². The van der Waals surface area contributed by atoms with Gasteiger partial charge < -0.3 is 9.64 Å². The molecule has 2 aliphatic heterocycles. The second kappa shape index (κ2) is 10.8. The molecule has 190 valence electrons. The van der Waals surface area contributed by atoms with E-state index in [-0.39, 0.29) is 0 Å². The van der Waals surface area contributed by atoms with Gasteiger partial charge in [-0.3, -0.25) is 14.8 Å². The van der Waals surface area contributed by atoms with Crippen LogP contribution in [0.4, 0.5) is 5.82 Å². The molecule has 3 aliphatic rings. The summed E-state index contributed by atoms with van der Waals surface area (Å²) in [4.78, 5) is 22.6. The molecule has 0 atom stereocenters. The van der Waals surface area contributed by atoms with Gasteiger partial charge in [0.15, 0.2) is 11.6 Å². The largest absolute Gasteiger partial charge is 0.378 e. The van der Waals surface area contributed by atoms with Crippen LogP contribution < -0.4 is 4.90 Å². The Labute approximate surface area is 214 Å². The molecule has 36 heavy (non-hydrogen) atoms. The average Bonchev–Trinajstić information content (AvgIpc) is 2.94. The molecule has 7 nitrogen and oxygen atoms in total. The van der Waals surface area contributed by atoms with E-state index in [1.165, 1.54) is 56.3 Å². The van der Waals surface area contributed by atoms with Crippen LogP contribution in [0.15, 0.2) is 36.5 Å². The third-order valence-electron chi connectivity index (χ3n) is 8.07. The fraction of sp³-hybridized carbons (Fsp3) is 0.552. The number of nitrogens with zero attached hydrogens (tertiary/aromatic N) is 6. The smallest absolute Gasteiger partial charge is 0.162 e. The van der Waals surface area contributed by atoms with Crippen molar-refractivity contribution in [2.45, 2.75) is 51.6 Å². The molecule has 3 aromatic rings. The van der Waals surface area contributed by atoms with Gasteiger partial charge in [-0.05, 0) is 37.5 Å². The molecule has 1 aromatic carbocycles. The molecule has 1 aliphatic carbocycles. The number of ether oxygens (including phenoxy) is 1. The predicted molar refractivity (Wildman–Crippen MR) is 144 cm³/mol. The number of pyridine rings is 1. The Kier molecular flexibility index (Phi) is 7.12. The van der Waals surface area contributed by atoms with E-state index >= 15 is 0 Å². The summed E-state index contributed by atoms with van der Waals surface area (Å²) in [7, 11) is 0. The van der Waals surface area contributed by atoms with E-state index in [1.807, 2.05) is 6.20 Å². The zero-order valence-electron chi connectivity index (χ0n) is 21.5. The van der Waals surface area contributed by atoms with Crippen LogP contribution in [0.2, 0.25) is 0 Å². The number of rotatable bonds is 5. The van der Waals surface area contributed by atoms with Crippen LogP contribution in [-0.4, -0.2) is 83.3 Å². The van der Waals surface area contributed by atoms with Gasteiger partial charge >= 0.3 is 0 Å². The first-order chi connectivity index (χ1) is 17.7. The van der Waals surface area contributed by atoms with Crippen LogP contribution in [-0.2, 0) is 11.3 Å². The van der Waals surface area contributed by atoms with Crippen LogP contribution in [0.25, 0.3) is 22.4 Å². The Bertz CT molecular complexity index is 1180. The minimum Gasteiger partial charge on any atom is -0.378 e. The number of hydrogen-bond donors (Lipinski definition) is 0. The lowest BCUT2D eigenvalue weighted by Gasteiger charge is -2.40. The zero-order valence-corrected chi connectivity index (χ0v) is 21.5. The van der Waals surface area contributed by atoms with Crippen molar-refractivity contribution in [1.82, 2.24) is 24.8 Å². The quantitative estimate of drug-likeness (QED) is 0.533. The topological polar surface area (TPSA) is 57.6 Å². The van der Waals surface area contributed by atoms with Crippen molar-refractivity contribution < 1.29 is 4.74 Å². The fourth-order valence-electron chi connectivity index (χ4n) is 6.03. The number of morpholine rings is 1. The summed E-state index contributed by atoms with van der Waals surface area (Å²) in [6.45, 7) is 10.8. The molecule has 1 saturated carbocycles. The number of hydrogen-bond acceptors (Lipinski definition) is 7. The van der Waals surface area contributed by atoms with Crippen LogP contribution in [0, 0.1) is 6.92 Å². The SMILES string of the molecule is Cc1cccc(-c2nc(N3CCOCC3)c3ncc(CN4CCN(C5CCCCC5)CC4)cc3n2)c1. The van der Waals surface area contributed by atoms with E-state index in [2.05, 4.69) is 52.0 Å². The standard InChI is InChI=1S/C29H38N6O/c1-22-6-5-7-24(18-22)28-31-26-19-23(20-30-27(26)29(32-28)35-14-16-36-17-15-35)21-33-10-12-34(13-11-33)25-8-3-2-4-9-25/h5-7,18-20,25H,2-4,8-17,21H2,1H3. The molecule has 4 heterocycles. The molecule has 0 amide bonds. The Morgan fingerprint density at radius 2 is 1.72 bits per heavy atom. The van der Waals surface area contributed by atoms with E-state index in [1.54, 1.807) is 0 Å². The molecule has 0 bridgehead atoms. The van der Waals surface area contributed by atoms with Crippen LogP contribution in [0.1, 0.15) is 43.2 Å². The molecular formula is C29H38N6O. The normalized spacial score (nSPS) is 20.8. The minimum atomic E-state index is 0.718. The first kappa shape index (κ1) is 23.8. The van der Waals surface area contributed by atoms with Crippen molar-refractivity contribution in [2.75, 3.05) is 57.4 Å². The fourth-order valence-corrected chi connectivity index (χ4v) is 6.03. The number of aryl methyl sites for hydroxylation is 1. The van der Waals surface area contributed by atoms with Gasteiger partial charge in [-0.2, -0.15) is 0 Å². The van der Waals surface area contributed by atoms with Crippen molar-refractivity contribution in [2.24, 2.45) is 0 Å². The summed E-state index contributed by atoms with van der Waals surface area (Å²) in [6.07, 6.45) is 9.06. The van der Waals surface area contributed by atoms with E-state index in [9.17, 15) is 0 Å². The van der Waals surface area contributed by atoms with Crippen molar-refractivity contribution in [1.29, 1.82) is 0 Å². The Balaban J connectivity index is 1.24. The minimum absolute atomic E-state index is 0.718. The first-order valence-corrected chi connectivity index (χ1v) is 13.8. The Morgan fingerprint density at radius 3 is 2.50 bits per heavy atom. The van der Waals surface area contributed by atoms with Gasteiger partial charge in [0.1, 0.15) is 5.52 Å². The van der Waals surface area contributed by atoms with Crippen LogP contribution >= 0.6 is 0 Å². The van der Waals surface area contributed by atoms with Gasteiger partial charge in [0.25, 0.3) is 0 Å². The lowest BCUT2D eigenvalue weighted by molar-refractivity contribution is 0.0755. The molecule has 2 saturated heterocycles. The second-order valence-corrected chi connectivity index (χ2v) is 10.7. The molecule has 7 heteroatoms. The maximum Gasteiger partial charge on any atom is 0.162 e. The average molecular weight is 487 g/mol. The van der Waals surface area contributed by atoms with Gasteiger partial charge in [-0.15, -0.1) is 0 Å². The Morgan fingerprint density at radius 1 is 0.917 bits per heavy atom. The second-order valence-electron chi connectivity index (χ2n) is 10.7. The summed E-state index contributed by atoms with van der Waals surface area (Å²) in [5.41, 5.74) is 5.31. The maximum absolute atomic E-state index is 5.60. The summed E-state index contributed by atoms with van der Waals surface area (Å²) < 4.78 is 5.60. The van der Waals surface area contributed by atoms with Crippen molar-refractivity contribution in [3.05, 3.63) is 47.7 Å². The number of benzene rings is 1. The van der Waals surface area contributed by atoms with Crippen molar-refractivity contribution >= 4 is 16.9 Å². The number of fused-ring (bicyclic) bond motifs is 1. The molecule has 0 N–H and O–H groups in total. The zero-order chi connectivity index (χ0) is 24.3. The molecule has 3 fully saturated rings. The molecule has 0 spiro atoms. The number of piperazine rings is 1. The molecular weight excluding hydrogens is 448 g/mol. The van der Waals surface area contributed by atoms with Gasteiger partial charge in [0.2, 0.25) is 0 Å². The lowest BCUT2D eigenvalue weighted by Crippen LogP contribution is -2.50. The third kappa shape index (κ3) is 5.24. The van der Waals surface area contributed by atoms with Crippen molar-refractivity contribution in [3.63, 3.8) is 0 Å². The molecule has 0 radical (unpaired) electrons. The highest BCUT2D eigenvalue weighted by molar-refractivity contribution is 5.88. The molecule has 2 aromatic heterocycles. The third-order valence-corrected chi connectivity index (χ3v) is 8.07. The first-order valence-electron chi connectivity index (χ1n) is 13.8. The monoisotopic (exact) mass is 486 g/mol. The highest BCUT2D eigenvalue weighted by atomic mass is 16.5. The molecule has 6 rings (SSSR count). The maximum atomic E-state index is 5.60. The lowest BCUT2D eigenvalue weighted by atomic mass is 9.94. The van der Waals surface area contributed by atoms with E-state index < -0.39 is 0 Å². The van der Waals surface area contributed by atoms with E-state index in [0.717, 1.165) is 80.2 Å². The summed E-state index contributed by atoms with van der Waals surface area (Å²) in [6, 6.07) is 11.5. The highest BCUT2D eigenvalue weighted by Gasteiger charge is 2.25. The van der Waals surface area contributed by atoms with Crippen LogP contribution in [0.3, 0.4) is 0 Å². The van der Waals surface area contributed by atoms with Gasteiger partial charge in [-0.25, -0.2) is 9.97 Å². The van der Waals surface area contributed by atoms with Gasteiger partial charge in [0, 0.05) is 63.6 Å². The molecule has 0 unspecified atom stereocenters. The van der Waals surface area contributed by atoms with Gasteiger partial charge in [-0.1, -0.05) is 43.0 Å². The van der Waals surface area contributed by atoms with Crippen LogP contribution in [0.5, 0.6) is 0 Å². The highest BCUT2D eigenvalue weighted by Crippen LogP contribution is 2.28. The number of anilines is 1. The predicted octanol–water partition coefficient (Wildman–Crippen LogP) is 4.29. The van der Waals surface area contributed by atoms with E-state index in [0.29, 0.717) is 0 Å².